The Morgan fingerprint density at radius 2 is 2.00 bits per heavy atom. The predicted octanol–water partition coefficient (Wildman–Crippen LogP) is 3.42. The van der Waals surface area contributed by atoms with Gasteiger partial charge in [0.05, 0.1) is 12.1 Å². The van der Waals surface area contributed by atoms with Crippen molar-refractivity contribution in [2.24, 2.45) is 0 Å². The van der Waals surface area contributed by atoms with Crippen LogP contribution in [0.25, 0.3) is 22.4 Å². The fourth-order valence-electron chi connectivity index (χ4n) is 2.75. The zero-order valence-corrected chi connectivity index (χ0v) is 13.0. The van der Waals surface area contributed by atoms with Crippen LogP contribution in [0.2, 0.25) is 0 Å². The van der Waals surface area contributed by atoms with Crippen molar-refractivity contribution in [2.45, 2.75) is 11.6 Å². The van der Waals surface area contributed by atoms with E-state index in [4.69, 9.17) is 5.10 Å². The van der Waals surface area contributed by atoms with E-state index in [0.29, 0.717) is 0 Å². The molecule has 0 bridgehead atoms. The number of aryl methyl sites for hydroxylation is 1. The molecule has 0 amide bonds. The van der Waals surface area contributed by atoms with Crippen LogP contribution >= 0.6 is 11.8 Å². The maximum absolute atomic E-state index is 11.2. The molecular formula is C17H13N3O2S. The summed E-state index contributed by atoms with van der Waals surface area (Å²) in [4.78, 5) is 15.3. The lowest BCUT2D eigenvalue weighted by atomic mass is 10.0. The molecule has 0 unspecified atom stereocenters. The van der Waals surface area contributed by atoms with Crippen LogP contribution in [0.3, 0.4) is 0 Å². The first kappa shape index (κ1) is 14.0. The summed E-state index contributed by atoms with van der Waals surface area (Å²) in [5.74, 6) is 0.0778. The number of benzene rings is 1. The van der Waals surface area contributed by atoms with E-state index in [1.807, 2.05) is 22.9 Å². The molecular weight excluding hydrogens is 310 g/mol. The third-order valence-corrected chi connectivity index (χ3v) is 4.87. The lowest BCUT2D eigenvalue weighted by molar-refractivity contribution is 0.0697. The summed E-state index contributed by atoms with van der Waals surface area (Å²) in [6.45, 7) is 0.872. The average molecular weight is 323 g/mol. The lowest BCUT2D eigenvalue weighted by Gasteiger charge is -2.05. The van der Waals surface area contributed by atoms with Crippen LogP contribution in [-0.2, 0) is 6.54 Å². The number of aromatic nitrogens is 3. The molecule has 0 aliphatic carbocycles. The standard InChI is InChI=1S/C17H13N3O2S/c21-17(22)13-3-1-2-12(10-13)15-14(11-4-6-18-7-5-11)16-20(19-15)8-9-23-16/h1-7,10H,8-9H2,(H,21,22). The Balaban J connectivity index is 1.93. The van der Waals surface area contributed by atoms with Crippen molar-refractivity contribution in [3.05, 3.63) is 54.4 Å². The smallest absolute Gasteiger partial charge is 0.335 e. The van der Waals surface area contributed by atoms with Crippen LogP contribution in [0.15, 0.2) is 53.8 Å². The minimum absolute atomic E-state index is 0.268. The second kappa shape index (κ2) is 5.55. The van der Waals surface area contributed by atoms with Gasteiger partial charge in [0.25, 0.3) is 0 Å². The van der Waals surface area contributed by atoms with Gasteiger partial charge in [0.1, 0.15) is 10.7 Å². The van der Waals surface area contributed by atoms with Gasteiger partial charge in [-0.1, -0.05) is 12.1 Å². The second-order valence-corrected chi connectivity index (χ2v) is 6.31. The van der Waals surface area contributed by atoms with Gasteiger partial charge in [-0.3, -0.25) is 9.67 Å². The Labute approximate surface area is 137 Å². The Hall–Kier alpha value is -2.60. The van der Waals surface area contributed by atoms with Crippen molar-refractivity contribution >= 4 is 17.7 Å². The van der Waals surface area contributed by atoms with Gasteiger partial charge in [0.2, 0.25) is 0 Å². The third kappa shape index (κ3) is 2.41. The molecule has 1 N–H and O–H groups in total. The highest BCUT2D eigenvalue weighted by Gasteiger charge is 2.24. The third-order valence-electron chi connectivity index (χ3n) is 3.80. The summed E-state index contributed by atoms with van der Waals surface area (Å²) < 4.78 is 2.00. The number of pyridine rings is 1. The average Bonchev–Trinajstić information content (AvgIpc) is 3.16. The molecule has 1 aliphatic heterocycles. The quantitative estimate of drug-likeness (QED) is 0.800. The number of rotatable bonds is 3. The molecule has 23 heavy (non-hydrogen) atoms. The van der Waals surface area contributed by atoms with Crippen LogP contribution in [0.5, 0.6) is 0 Å². The molecule has 3 aromatic rings. The molecule has 6 heteroatoms. The first-order valence-corrected chi connectivity index (χ1v) is 8.20. The molecule has 114 valence electrons. The number of hydrogen-bond donors (Lipinski definition) is 1. The first-order valence-electron chi connectivity index (χ1n) is 7.22. The summed E-state index contributed by atoms with van der Waals surface area (Å²) in [7, 11) is 0. The number of nitrogens with zero attached hydrogens (tertiary/aromatic N) is 3. The minimum atomic E-state index is -0.932. The van der Waals surface area contributed by atoms with E-state index in [-0.39, 0.29) is 5.56 Å². The summed E-state index contributed by atoms with van der Waals surface area (Å²) in [6.07, 6.45) is 3.52. The van der Waals surface area contributed by atoms with Crippen LogP contribution in [0, 0.1) is 0 Å². The Morgan fingerprint density at radius 3 is 2.78 bits per heavy atom. The number of fused-ring (bicyclic) bond motifs is 1. The molecule has 0 atom stereocenters. The van der Waals surface area contributed by atoms with E-state index in [2.05, 4.69) is 4.98 Å². The maximum atomic E-state index is 11.2. The zero-order valence-electron chi connectivity index (χ0n) is 12.1. The van der Waals surface area contributed by atoms with E-state index >= 15 is 0 Å². The van der Waals surface area contributed by atoms with Gasteiger partial charge in [-0.05, 0) is 29.8 Å². The number of hydrogen-bond acceptors (Lipinski definition) is 4. The van der Waals surface area contributed by atoms with Crippen LogP contribution in [0.1, 0.15) is 10.4 Å². The van der Waals surface area contributed by atoms with E-state index < -0.39 is 5.97 Å². The molecule has 0 fully saturated rings. The van der Waals surface area contributed by atoms with Gasteiger partial charge in [-0.25, -0.2) is 4.79 Å². The molecule has 0 radical (unpaired) electrons. The predicted molar refractivity (Wildman–Crippen MR) is 88.6 cm³/mol. The van der Waals surface area contributed by atoms with Gasteiger partial charge >= 0.3 is 5.97 Å². The normalized spacial score (nSPS) is 13.0. The molecule has 3 heterocycles. The van der Waals surface area contributed by atoms with E-state index in [9.17, 15) is 9.90 Å². The second-order valence-electron chi connectivity index (χ2n) is 5.22. The number of carbonyl (C=O) groups is 1. The summed E-state index contributed by atoms with van der Waals surface area (Å²) in [5, 5.41) is 15.1. The molecule has 1 aliphatic rings. The van der Waals surface area contributed by atoms with E-state index in [0.717, 1.165) is 39.7 Å². The SMILES string of the molecule is O=C(O)c1cccc(-c2nn3c(c2-c2ccncc2)SCC3)c1. The molecule has 4 rings (SSSR count). The van der Waals surface area contributed by atoms with Crippen LogP contribution in [0.4, 0.5) is 0 Å². The fraction of sp³-hybridized carbons (Fsp3) is 0.118. The van der Waals surface area contributed by atoms with Crippen molar-refractivity contribution in [1.82, 2.24) is 14.8 Å². The first-order chi connectivity index (χ1) is 11.2. The molecule has 0 spiro atoms. The van der Waals surface area contributed by atoms with Crippen molar-refractivity contribution in [2.75, 3.05) is 5.75 Å². The molecule has 0 saturated carbocycles. The van der Waals surface area contributed by atoms with Gasteiger partial charge < -0.3 is 5.11 Å². The Kier molecular flexibility index (Phi) is 3.38. The van der Waals surface area contributed by atoms with Crippen molar-refractivity contribution in [3.8, 4) is 22.4 Å². The molecule has 0 saturated heterocycles. The van der Waals surface area contributed by atoms with Crippen molar-refractivity contribution in [3.63, 3.8) is 0 Å². The van der Waals surface area contributed by atoms with Gasteiger partial charge in [0, 0.05) is 29.3 Å². The molecule has 5 nitrogen and oxygen atoms in total. The Bertz CT molecular complexity index is 890. The van der Waals surface area contributed by atoms with E-state index in [1.165, 1.54) is 0 Å². The number of carboxylic acids is 1. The summed E-state index contributed by atoms with van der Waals surface area (Å²) in [5.41, 5.74) is 4.01. The highest BCUT2D eigenvalue weighted by atomic mass is 32.2. The largest absolute Gasteiger partial charge is 0.478 e. The molecule has 1 aromatic carbocycles. The van der Waals surface area contributed by atoms with Gasteiger partial charge in [-0.2, -0.15) is 5.10 Å². The highest BCUT2D eigenvalue weighted by molar-refractivity contribution is 7.99. The summed E-state index contributed by atoms with van der Waals surface area (Å²) in [6, 6.07) is 10.8. The highest BCUT2D eigenvalue weighted by Crippen LogP contribution is 2.42. The van der Waals surface area contributed by atoms with Crippen LogP contribution < -0.4 is 0 Å². The maximum Gasteiger partial charge on any atom is 0.335 e. The van der Waals surface area contributed by atoms with Crippen molar-refractivity contribution < 1.29 is 9.90 Å². The van der Waals surface area contributed by atoms with Crippen LogP contribution in [-0.4, -0.2) is 31.6 Å². The lowest BCUT2D eigenvalue weighted by Crippen LogP contribution is -1.98. The van der Waals surface area contributed by atoms with Gasteiger partial charge in [-0.15, -0.1) is 11.8 Å². The van der Waals surface area contributed by atoms with E-state index in [1.54, 1.807) is 42.4 Å². The number of carboxylic acid groups (broad SMARTS) is 1. The number of thioether (sulfide) groups is 1. The zero-order chi connectivity index (χ0) is 15.8. The van der Waals surface area contributed by atoms with Crippen molar-refractivity contribution in [1.29, 1.82) is 0 Å². The number of aromatic carboxylic acids is 1. The summed E-state index contributed by atoms with van der Waals surface area (Å²) >= 11 is 1.78. The van der Waals surface area contributed by atoms with Gasteiger partial charge in [0.15, 0.2) is 0 Å². The molecule has 2 aromatic heterocycles. The Morgan fingerprint density at radius 1 is 1.17 bits per heavy atom. The minimum Gasteiger partial charge on any atom is -0.478 e. The monoisotopic (exact) mass is 323 g/mol. The topological polar surface area (TPSA) is 68.0 Å². The fourth-order valence-corrected chi connectivity index (χ4v) is 3.85.